The Morgan fingerprint density at radius 2 is 2.18 bits per heavy atom. The molecule has 3 nitrogen and oxygen atoms in total. The molecule has 0 aliphatic carbocycles. The first-order valence-electron chi connectivity index (χ1n) is 4.07. The van der Waals surface area contributed by atoms with Crippen molar-refractivity contribution in [2.75, 3.05) is 13.1 Å². The van der Waals surface area contributed by atoms with Crippen molar-refractivity contribution in [1.29, 1.82) is 0 Å². The average molecular weight is 157 g/mol. The van der Waals surface area contributed by atoms with Gasteiger partial charge in [0, 0.05) is 13.0 Å². The third-order valence-electron chi connectivity index (χ3n) is 1.36. The van der Waals surface area contributed by atoms with Crippen molar-refractivity contribution < 1.29 is 4.79 Å². The Hall–Kier alpha value is -0.570. The van der Waals surface area contributed by atoms with Crippen molar-refractivity contribution in [1.82, 2.24) is 5.32 Å². The minimum Gasteiger partial charge on any atom is -0.356 e. The molecule has 0 spiro atoms. The molecule has 11 heavy (non-hydrogen) atoms. The number of rotatable bonds is 6. The Labute approximate surface area is 68.3 Å². The summed E-state index contributed by atoms with van der Waals surface area (Å²) >= 11 is 0. The number of hydrogen-bond acceptors (Lipinski definition) is 2. The van der Waals surface area contributed by atoms with Crippen LogP contribution in [0, 0.1) is 6.92 Å². The zero-order valence-corrected chi connectivity index (χ0v) is 6.94. The summed E-state index contributed by atoms with van der Waals surface area (Å²) in [7, 11) is 0. The molecule has 0 fully saturated rings. The number of unbranched alkanes of at least 4 members (excludes halogenated alkanes) is 1. The van der Waals surface area contributed by atoms with E-state index >= 15 is 0 Å². The second-order valence-electron chi connectivity index (χ2n) is 2.45. The van der Waals surface area contributed by atoms with E-state index in [0.29, 0.717) is 19.5 Å². The SMILES string of the molecule is [CH2]CCNC(=O)CCCCN. The molecule has 0 aliphatic rings. The minimum absolute atomic E-state index is 0.113. The lowest BCUT2D eigenvalue weighted by molar-refractivity contribution is -0.121. The number of amides is 1. The number of nitrogens with one attached hydrogen (secondary N) is 1. The molecule has 0 aromatic carbocycles. The van der Waals surface area contributed by atoms with Crippen molar-refractivity contribution in [2.24, 2.45) is 5.73 Å². The largest absolute Gasteiger partial charge is 0.356 e. The van der Waals surface area contributed by atoms with E-state index in [0.717, 1.165) is 19.3 Å². The molecular weight excluding hydrogens is 140 g/mol. The molecule has 0 aromatic heterocycles. The van der Waals surface area contributed by atoms with Gasteiger partial charge in [0.15, 0.2) is 0 Å². The fourth-order valence-corrected chi connectivity index (χ4v) is 0.746. The maximum atomic E-state index is 10.9. The topological polar surface area (TPSA) is 55.1 Å². The Bertz CT molecular complexity index is 104. The number of hydrogen-bond donors (Lipinski definition) is 2. The second kappa shape index (κ2) is 7.54. The van der Waals surface area contributed by atoms with E-state index < -0.39 is 0 Å². The average Bonchev–Trinajstić information content (AvgIpc) is 2.01. The fourth-order valence-electron chi connectivity index (χ4n) is 0.746. The van der Waals surface area contributed by atoms with Gasteiger partial charge in [-0.2, -0.15) is 0 Å². The molecule has 65 valence electrons. The summed E-state index contributed by atoms with van der Waals surface area (Å²) in [4.78, 5) is 10.9. The van der Waals surface area contributed by atoms with Gasteiger partial charge in [-0.3, -0.25) is 4.79 Å². The van der Waals surface area contributed by atoms with Gasteiger partial charge >= 0.3 is 0 Å². The molecule has 0 atom stereocenters. The van der Waals surface area contributed by atoms with E-state index in [1.165, 1.54) is 0 Å². The normalized spacial score (nSPS) is 9.64. The van der Waals surface area contributed by atoms with Gasteiger partial charge in [-0.15, -0.1) is 0 Å². The Kier molecular flexibility index (Phi) is 7.15. The van der Waals surface area contributed by atoms with E-state index in [4.69, 9.17) is 5.73 Å². The van der Waals surface area contributed by atoms with Crippen molar-refractivity contribution in [3.8, 4) is 0 Å². The van der Waals surface area contributed by atoms with Crippen LogP contribution in [0.3, 0.4) is 0 Å². The Morgan fingerprint density at radius 3 is 2.73 bits per heavy atom. The molecule has 0 saturated heterocycles. The van der Waals surface area contributed by atoms with Crippen LogP contribution >= 0.6 is 0 Å². The van der Waals surface area contributed by atoms with Crippen molar-refractivity contribution in [3.63, 3.8) is 0 Å². The third-order valence-corrected chi connectivity index (χ3v) is 1.36. The second-order valence-corrected chi connectivity index (χ2v) is 2.45. The highest BCUT2D eigenvalue weighted by Gasteiger charge is 1.97. The summed E-state index contributed by atoms with van der Waals surface area (Å²) < 4.78 is 0. The molecule has 1 amide bonds. The van der Waals surface area contributed by atoms with Gasteiger partial charge in [0.2, 0.25) is 5.91 Å². The molecule has 0 aliphatic heterocycles. The number of carbonyl (C=O) groups is 1. The van der Waals surface area contributed by atoms with E-state index in [1.807, 2.05) is 0 Å². The minimum atomic E-state index is 0.113. The Balaban J connectivity index is 3.09. The molecule has 0 rings (SSSR count). The smallest absolute Gasteiger partial charge is 0.219 e. The summed E-state index contributed by atoms with van der Waals surface area (Å²) in [6.07, 6.45) is 3.16. The molecule has 3 heteroatoms. The highest BCUT2D eigenvalue weighted by atomic mass is 16.1. The quantitative estimate of drug-likeness (QED) is 0.550. The van der Waals surface area contributed by atoms with Crippen LogP contribution in [-0.2, 0) is 4.79 Å². The van der Waals surface area contributed by atoms with Crippen molar-refractivity contribution >= 4 is 5.91 Å². The van der Waals surface area contributed by atoms with Gasteiger partial charge in [-0.25, -0.2) is 0 Å². The molecule has 0 unspecified atom stereocenters. The van der Waals surface area contributed by atoms with Crippen LogP contribution in [0.4, 0.5) is 0 Å². The lowest BCUT2D eigenvalue weighted by Gasteiger charge is -2.01. The van der Waals surface area contributed by atoms with E-state index in [1.54, 1.807) is 0 Å². The monoisotopic (exact) mass is 157 g/mol. The first-order chi connectivity index (χ1) is 5.31. The standard InChI is InChI=1S/C8H17N2O/c1-2-7-10-8(11)5-3-4-6-9/h1-7,9H2,(H,10,11). The van der Waals surface area contributed by atoms with Crippen LogP contribution in [0.5, 0.6) is 0 Å². The van der Waals surface area contributed by atoms with Crippen molar-refractivity contribution in [3.05, 3.63) is 6.92 Å². The predicted octanol–water partition coefficient (Wildman–Crippen LogP) is 0.456. The maximum absolute atomic E-state index is 10.9. The van der Waals surface area contributed by atoms with Crippen molar-refractivity contribution in [2.45, 2.75) is 25.7 Å². The molecule has 3 N–H and O–H groups in total. The van der Waals surface area contributed by atoms with Crippen LogP contribution < -0.4 is 11.1 Å². The van der Waals surface area contributed by atoms with Gasteiger partial charge in [-0.1, -0.05) is 6.92 Å². The van der Waals surface area contributed by atoms with Gasteiger partial charge in [0.25, 0.3) is 0 Å². The lowest BCUT2D eigenvalue weighted by Crippen LogP contribution is -2.23. The zero-order valence-electron chi connectivity index (χ0n) is 6.94. The van der Waals surface area contributed by atoms with Gasteiger partial charge in [-0.05, 0) is 25.8 Å². The molecular formula is C8H17N2O. The van der Waals surface area contributed by atoms with E-state index in [-0.39, 0.29) is 5.91 Å². The number of carbonyl (C=O) groups excluding carboxylic acids is 1. The summed E-state index contributed by atoms with van der Waals surface area (Å²) in [5, 5.41) is 2.75. The maximum Gasteiger partial charge on any atom is 0.219 e. The summed E-state index contributed by atoms with van der Waals surface area (Å²) in [5.41, 5.74) is 5.27. The first-order valence-corrected chi connectivity index (χ1v) is 4.07. The fraction of sp³-hybridized carbons (Fsp3) is 0.750. The van der Waals surface area contributed by atoms with E-state index in [2.05, 4.69) is 12.2 Å². The molecule has 0 heterocycles. The first kappa shape index (κ1) is 10.4. The van der Waals surface area contributed by atoms with Gasteiger partial charge in [0.1, 0.15) is 0 Å². The molecule has 0 bridgehead atoms. The Morgan fingerprint density at radius 1 is 1.45 bits per heavy atom. The predicted molar refractivity (Wildman–Crippen MR) is 45.9 cm³/mol. The lowest BCUT2D eigenvalue weighted by atomic mass is 10.2. The van der Waals surface area contributed by atoms with Gasteiger partial charge in [0.05, 0.1) is 0 Å². The van der Waals surface area contributed by atoms with Crippen LogP contribution in [0.25, 0.3) is 0 Å². The highest BCUT2D eigenvalue weighted by molar-refractivity contribution is 5.75. The zero-order chi connectivity index (χ0) is 8.53. The molecule has 1 radical (unpaired) electrons. The third kappa shape index (κ3) is 7.33. The van der Waals surface area contributed by atoms with Crippen LogP contribution in [0.2, 0.25) is 0 Å². The van der Waals surface area contributed by atoms with Gasteiger partial charge < -0.3 is 11.1 Å². The summed E-state index contributed by atoms with van der Waals surface area (Å²) in [6.45, 7) is 4.97. The highest BCUT2D eigenvalue weighted by Crippen LogP contribution is 1.92. The van der Waals surface area contributed by atoms with E-state index in [9.17, 15) is 4.79 Å². The van der Waals surface area contributed by atoms with Crippen LogP contribution in [0.1, 0.15) is 25.7 Å². The number of nitrogens with two attached hydrogens (primary N) is 1. The molecule has 0 aromatic rings. The van der Waals surface area contributed by atoms with Crippen LogP contribution in [-0.4, -0.2) is 19.0 Å². The summed E-state index contributed by atoms with van der Waals surface area (Å²) in [5.74, 6) is 0.113. The van der Waals surface area contributed by atoms with Crippen LogP contribution in [0.15, 0.2) is 0 Å². The molecule has 0 saturated carbocycles. The summed E-state index contributed by atoms with van der Waals surface area (Å²) in [6, 6.07) is 0.